The van der Waals surface area contributed by atoms with Crippen molar-refractivity contribution < 1.29 is 18.7 Å². The summed E-state index contributed by atoms with van der Waals surface area (Å²) in [4.78, 5) is 10.9. The summed E-state index contributed by atoms with van der Waals surface area (Å²) in [7, 11) is 0. The van der Waals surface area contributed by atoms with Gasteiger partial charge in [0.05, 0.1) is 22.0 Å². The summed E-state index contributed by atoms with van der Waals surface area (Å²) in [6.45, 7) is 0. The van der Waals surface area contributed by atoms with Crippen LogP contribution in [0, 0.1) is 11.6 Å². The molecular formula is C13H9ClF2N2O2. The van der Waals surface area contributed by atoms with E-state index in [0.29, 0.717) is 0 Å². The molecule has 0 aliphatic rings. The van der Waals surface area contributed by atoms with Gasteiger partial charge in [0.15, 0.2) is 0 Å². The van der Waals surface area contributed by atoms with Crippen molar-refractivity contribution in [2.24, 2.45) is 0 Å². The van der Waals surface area contributed by atoms with Gasteiger partial charge in [-0.3, -0.25) is 0 Å². The van der Waals surface area contributed by atoms with Crippen LogP contribution in [0.4, 0.5) is 25.8 Å². The summed E-state index contributed by atoms with van der Waals surface area (Å²) in [5.74, 6) is -2.82. The van der Waals surface area contributed by atoms with Crippen LogP contribution in [0.5, 0.6) is 0 Å². The molecule has 0 saturated carbocycles. The van der Waals surface area contributed by atoms with E-state index in [4.69, 9.17) is 22.4 Å². The van der Waals surface area contributed by atoms with Crippen molar-refractivity contribution in [1.82, 2.24) is 0 Å². The fraction of sp³-hybridized carbons (Fsp3) is 0. The average Bonchev–Trinajstić information content (AvgIpc) is 2.35. The highest BCUT2D eigenvalue weighted by atomic mass is 35.5. The Labute approximate surface area is 117 Å². The highest BCUT2D eigenvalue weighted by Crippen LogP contribution is 2.31. The van der Waals surface area contributed by atoms with Gasteiger partial charge in [0, 0.05) is 5.69 Å². The van der Waals surface area contributed by atoms with Crippen molar-refractivity contribution in [1.29, 1.82) is 0 Å². The highest BCUT2D eigenvalue weighted by molar-refractivity contribution is 6.33. The van der Waals surface area contributed by atoms with Gasteiger partial charge in [-0.25, -0.2) is 13.6 Å². The molecule has 4 nitrogen and oxygen atoms in total. The lowest BCUT2D eigenvalue weighted by Crippen LogP contribution is -2.06. The Morgan fingerprint density at radius 1 is 1.25 bits per heavy atom. The first kappa shape index (κ1) is 14.1. The lowest BCUT2D eigenvalue weighted by Gasteiger charge is -2.12. The molecule has 104 valence electrons. The SMILES string of the molecule is Nc1cc(F)c(Nc2c(F)cccc2Cl)cc1C(=O)O. The standard InChI is InChI=1S/C13H9ClF2N2O2/c14-7-2-1-3-8(15)12(7)18-11-4-6(13(19)20)10(17)5-9(11)16/h1-5,18H,17H2,(H,19,20). The number of benzene rings is 2. The van der Waals surface area contributed by atoms with Crippen LogP contribution in [0.25, 0.3) is 0 Å². The molecular weight excluding hydrogens is 290 g/mol. The number of nitrogen functional groups attached to an aromatic ring is 1. The molecule has 0 saturated heterocycles. The van der Waals surface area contributed by atoms with Crippen LogP contribution in [0.1, 0.15) is 10.4 Å². The molecule has 7 heteroatoms. The zero-order valence-electron chi connectivity index (χ0n) is 9.95. The van der Waals surface area contributed by atoms with E-state index < -0.39 is 17.6 Å². The molecule has 0 aromatic heterocycles. The summed E-state index contributed by atoms with van der Waals surface area (Å²) in [6.07, 6.45) is 0. The van der Waals surface area contributed by atoms with E-state index in [-0.39, 0.29) is 27.6 Å². The second-order valence-electron chi connectivity index (χ2n) is 3.95. The van der Waals surface area contributed by atoms with Gasteiger partial charge in [0.1, 0.15) is 11.6 Å². The van der Waals surface area contributed by atoms with Gasteiger partial charge in [-0.1, -0.05) is 17.7 Å². The Balaban J connectivity index is 2.49. The van der Waals surface area contributed by atoms with E-state index in [0.717, 1.165) is 18.2 Å². The smallest absolute Gasteiger partial charge is 0.337 e. The topological polar surface area (TPSA) is 75.3 Å². The van der Waals surface area contributed by atoms with E-state index in [1.54, 1.807) is 0 Å². The molecule has 0 heterocycles. The van der Waals surface area contributed by atoms with Crippen molar-refractivity contribution in [3.8, 4) is 0 Å². The van der Waals surface area contributed by atoms with Gasteiger partial charge < -0.3 is 16.2 Å². The summed E-state index contributed by atoms with van der Waals surface area (Å²) in [5.41, 5.74) is 4.51. The molecule has 0 bridgehead atoms. The minimum Gasteiger partial charge on any atom is -0.478 e. The van der Waals surface area contributed by atoms with E-state index in [1.165, 1.54) is 12.1 Å². The first-order valence-corrected chi connectivity index (χ1v) is 5.81. The largest absolute Gasteiger partial charge is 0.478 e. The molecule has 2 rings (SSSR count). The molecule has 2 aromatic carbocycles. The minimum atomic E-state index is -1.31. The average molecular weight is 299 g/mol. The molecule has 0 amide bonds. The first-order chi connectivity index (χ1) is 9.40. The molecule has 0 unspecified atom stereocenters. The van der Waals surface area contributed by atoms with Crippen LogP contribution in [-0.2, 0) is 0 Å². The molecule has 4 N–H and O–H groups in total. The number of carbonyl (C=O) groups is 1. The zero-order chi connectivity index (χ0) is 14.9. The number of hydrogen-bond acceptors (Lipinski definition) is 3. The molecule has 0 aliphatic carbocycles. The van der Waals surface area contributed by atoms with Crippen molar-refractivity contribution in [3.63, 3.8) is 0 Å². The predicted octanol–water partition coefficient (Wildman–Crippen LogP) is 3.64. The summed E-state index contributed by atoms with van der Waals surface area (Å²) >= 11 is 5.80. The number of carboxylic acid groups (broad SMARTS) is 1. The third kappa shape index (κ3) is 2.65. The van der Waals surface area contributed by atoms with Gasteiger partial charge >= 0.3 is 5.97 Å². The fourth-order valence-electron chi connectivity index (χ4n) is 1.62. The summed E-state index contributed by atoms with van der Waals surface area (Å²) in [5, 5.41) is 11.4. The van der Waals surface area contributed by atoms with Crippen LogP contribution >= 0.6 is 11.6 Å². The molecule has 0 atom stereocenters. The summed E-state index contributed by atoms with van der Waals surface area (Å²) in [6, 6.07) is 5.78. The van der Waals surface area contributed by atoms with Crippen LogP contribution in [0.15, 0.2) is 30.3 Å². The third-order valence-corrected chi connectivity index (χ3v) is 2.91. The van der Waals surface area contributed by atoms with Crippen molar-refractivity contribution >= 4 is 34.6 Å². The number of hydrogen-bond donors (Lipinski definition) is 3. The second-order valence-corrected chi connectivity index (χ2v) is 4.35. The second kappa shape index (κ2) is 5.34. The number of nitrogens with one attached hydrogen (secondary N) is 1. The van der Waals surface area contributed by atoms with Crippen LogP contribution in [-0.4, -0.2) is 11.1 Å². The zero-order valence-corrected chi connectivity index (χ0v) is 10.7. The first-order valence-electron chi connectivity index (χ1n) is 5.43. The Morgan fingerprint density at radius 2 is 1.95 bits per heavy atom. The van der Waals surface area contributed by atoms with E-state index >= 15 is 0 Å². The van der Waals surface area contributed by atoms with E-state index in [1.807, 2.05) is 0 Å². The minimum absolute atomic E-state index is 0.0399. The van der Waals surface area contributed by atoms with Crippen molar-refractivity contribution in [2.45, 2.75) is 0 Å². The number of halogens is 3. The van der Waals surface area contributed by atoms with Crippen molar-refractivity contribution in [2.75, 3.05) is 11.1 Å². The van der Waals surface area contributed by atoms with Gasteiger partial charge in [-0.05, 0) is 24.3 Å². The Bertz CT molecular complexity index is 672. The molecule has 0 radical (unpaired) electrons. The van der Waals surface area contributed by atoms with Crippen molar-refractivity contribution in [3.05, 3.63) is 52.6 Å². The molecule has 0 spiro atoms. The monoisotopic (exact) mass is 298 g/mol. The van der Waals surface area contributed by atoms with E-state index in [2.05, 4.69) is 5.32 Å². The number of rotatable bonds is 3. The number of carboxylic acids is 1. The van der Waals surface area contributed by atoms with Gasteiger partial charge in [-0.2, -0.15) is 0 Å². The van der Waals surface area contributed by atoms with E-state index in [9.17, 15) is 13.6 Å². The Hall–Kier alpha value is -2.34. The molecule has 0 fully saturated rings. The third-order valence-electron chi connectivity index (χ3n) is 2.59. The number of para-hydroxylation sites is 1. The highest BCUT2D eigenvalue weighted by Gasteiger charge is 2.15. The van der Waals surface area contributed by atoms with Crippen LogP contribution in [0.2, 0.25) is 5.02 Å². The summed E-state index contributed by atoms with van der Waals surface area (Å²) < 4.78 is 27.3. The maximum absolute atomic E-state index is 13.7. The number of aromatic carboxylic acids is 1. The lowest BCUT2D eigenvalue weighted by atomic mass is 10.1. The normalized spacial score (nSPS) is 10.3. The maximum Gasteiger partial charge on any atom is 0.337 e. The van der Waals surface area contributed by atoms with Gasteiger partial charge in [-0.15, -0.1) is 0 Å². The molecule has 0 aliphatic heterocycles. The maximum atomic E-state index is 13.7. The van der Waals surface area contributed by atoms with Gasteiger partial charge in [0.2, 0.25) is 0 Å². The van der Waals surface area contributed by atoms with Crippen LogP contribution < -0.4 is 11.1 Å². The number of nitrogens with two attached hydrogens (primary N) is 1. The molecule has 20 heavy (non-hydrogen) atoms. The quantitative estimate of drug-likeness (QED) is 0.756. The Kier molecular flexibility index (Phi) is 3.76. The fourth-order valence-corrected chi connectivity index (χ4v) is 1.83. The van der Waals surface area contributed by atoms with Gasteiger partial charge in [0.25, 0.3) is 0 Å². The molecule has 2 aromatic rings. The lowest BCUT2D eigenvalue weighted by molar-refractivity contribution is 0.0698. The van der Waals surface area contributed by atoms with Crippen LogP contribution in [0.3, 0.4) is 0 Å². The Morgan fingerprint density at radius 3 is 2.55 bits per heavy atom. The predicted molar refractivity (Wildman–Crippen MR) is 72.5 cm³/mol. The number of anilines is 3.